The third kappa shape index (κ3) is 3.26. The van der Waals surface area contributed by atoms with Crippen molar-refractivity contribution < 1.29 is 8.42 Å². The van der Waals surface area contributed by atoms with Gasteiger partial charge in [0.1, 0.15) is 0 Å². The third-order valence-electron chi connectivity index (χ3n) is 4.40. The summed E-state index contributed by atoms with van der Waals surface area (Å²) in [5.74, 6) is 0. The van der Waals surface area contributed by atoms with Gasteiger partial charge in [0.05, 0.1) is 15.0 Å². The van der Waals surface area contributed by atoms with Crippen molar-refractivity contribution in [2.24, 2.45) is 0 Å². The van der Waals surface area contributed by atoms with E-state index in [1.807, 2.05) is 19.1 Å². The zero-order chi connectivity index (χ0) is 17.7. The van der Waals surface area contributed by atoms with E-state index in [4.69, 9.17) is 0 Å². The SMILES string of the molecule is Cc1ccc(S(=O)(=O)N2C(I)C2c2ccc(C(C)(C)C)cc2)cc1. The van der Waals surface area contributed by atoms with Gasteiger partial charge in [-0.05, 0) is 35.6 Å². The summed E-state index contributed by atoms with van der Waals surface area (Å²) in [5.41, 5.74) is 3.46. The second-order valence-electron chi connectivity index (χ2n) is 7.34. The Labute approximate surface area is 158 Å². The quantitative estimate of drug-likeness (QED) is 0.289. The molecule has 1 fully saturated rings. The Balaban J connectivity index is 1.86. The van der Waals surface area contributed by atoms with Crippen molar-refractivity contribution in [2.75, 3.05) is 0 Å². The van der Waals surface area contributed by atoms with Gasteiger partial charge in [-0.25, -0.2) is 8.42 Å². The number of nitrogens with zero attached hydrogens (tertiary/aromatic N) is 1. The zero-order valence-electron chi connectivity index (χ0n) is 14.3. The highest BCUT2D eigenvalue weighted by Gasteiger charge is 2.54. The lowest BCUT2D eigenvalue weighted by atomic mass is 9.86. The fourth-order valence-corrected chi connectivity index (χ4v) is 6.41. The normalized spacial score (nSPS) is 24.0. The second kappa shape index (κ2) is 6.11. The fraction of sp³-hybridized carbons (Fsp3) is 0.368. The van der Waals surface area contributed by atoms with Crippen LogP contribution in [0.15, 0.2) is 53.4 Å². The van der Waals surface area contributed by atoms with Gasteiger partial charge >= 0.3 is 0 Å². The van der Waals surface area contributed by atoms with E-state index in [2.05, 4.69) is 67.6 Å². The van der Waals surface area contributed by atoms with Crippen LogP contribution in [0.5, 0.6) is 0 Å². The Hall–Kier alpha value is -0.920. The summed E-state index contributed by atoms with van der Waals surface area (Å²) in [7, 11) is -3.44. The van der Waals surface area contributed by atoms with Gasteiger partial charge in [0.15, 0.2) is 0 Å². The minimum absolute atomic E-state index is 0.0330. The minimum Gasteiger partial charge on any atom is -0.207 e. The first kappa shape index (κ1) is 17.9. The van der Waals surface area contributed by atoms with Crippen molar-refractivity contribution in [3.05, 3.63) is 65.2 Å². The molecule has 1 aliphatic heterocycles. The van der Waals surface area contributed by atoms with Gasteiger partial charge < -0.3 is 0 Å². The maximum atomic E-state index is 12.8. The molecule has 3 unspecified atom stereocenters. The van der Waals surface area contributed by atoms with Gasteiger partial charge in [-0.15, -0.1) is 0 Å². The third-order valence-corrected chi connectivity index (χ3v) is 7.94. The maximum Gasteiger partial charge on any atom is 0.244 e. The van der Waals surface area contributed by atoms with E-state index < -0.39 is 10.0 Å². The van der Waals surface area contributed by atoms with Gasteiger partial charge in [-0.3, -0.25) is 0 Å². The average molecular weight is 455 g/mol. The molecule has 2 aromatic carbocycles. The van der Waals surface area contributed by atoms with Crippen LogP contribution in [0, 0.1) is 6.92 Å². The number of hydrogen-bond acceptors (Lipinski definition) is 2. The Morgan fingerprint density at radius 2 is 1.50 bits per heavy atom. The van der Waals surface area contributed by atoms with Crippen molar-refractivity contribution in [3.63, 3.8) is 0 Å². The molecule has 0 aromatic heterocycles. The van der Waals surface area contributed by atoms with Crippen molar-refractivity contribution in [3.8, 4) is 0 Å². The molecule has 1 heterocycles. The molecule has 0 saturated carbocycles. The number of benzene rings is 2. The topological polar surface area (TPSA) is 37.1 Å². The molecule has 3 atom stereocenters. The van der Waals surface area contributed by atoms with E-state index >= 15 is 0 Å². The van der Waals surface area contributed by atoms with Gasteiger partial charge in [0, 0.05) is 0 Å². The highest BCUT2D eigenvalue weighted by atomic mass is 127. The van der Waals surface area contributed by atoms with Crippen molar-refractivity contribution in [1.82, 2.24) is 4.31 Å². The Bertz CT molecular complexity index is 836. The molecule has 5 heteroatoms. The summed E-state index contributed by atoms with van der Waals surface area (Å²) in [4.78, 5) is 0.364. The number of aryl methyl sites for hydroxylation is 1. The molecule has 3 rings (SSSR count). The summed E-state index contributed by atoms with van der Waals surface area (Å²) in [6, 6.07) is 15.3. The molecule has 0 N–H and O–H groups in total. The standard InChI is InChI=1S/C19H22INO2S/c1-13-5-11-16(12-6-13)24(22,23)21-17(18(21)20)14-7-9-15(10-8-14)19(2,3)4/h5-12,17-18H,1-4H3. The fourth-order valence-electron chi connectivity index (χ4n) is 2.78. The van der Waals surface area contributed by atoms with E-state index in [1.165, 1.54) is 5.56 Å². The van der Waals surface area contributed by atoms with Crippen LogP contribution >= 0.6 is 22.6 Å². The van der Waals surface area contributed by atoms with E-state index in [0.29, 0.717) is 4.90 Å². The van der Waals surface area contributed by atoms with Crippen LogP contribution < -0.4 is 0 Å². The van der Waals surface area contributed by atoms with E-state index in [-0.39, 0.29) is 15.5 Å². The van der Waals surface area contributed by atoms with Crippen LogP contribution in [0.2, 0.25) is 0 Å². The molecule has 0 aliphatic carbocycles. The minimum atomic E-state index is -3.44. The van der Waals surface area contributed by atoms with Crippen molar-refractivity contribution in [2.45, 2.75) is 48.1 Å². The smallest absolute Gasteiger partial charge is 0.207 e. The van der Waals surface area contributed by atoms with Crippen molar-refractivity contribution >= 4 is 32.6 Å². The predicted octanol–water partition coefficient (Wildman–Crippen LogP) is 4.80. The molecule has 3 nitrogen and oxygen atoms in total. The first-order valence-electron chi connectivity index (χ1n) is 7.97. The zero-order valence-corrected chi connectivity index (χ0v) is 17.3. The first-order valence-corrected chi connectivity index (χ1v) is 10.7. The second-order valence-corrected chi connectivity index (χ2v) is 10.5. The number of sulfonamides is 1. The van der Waals surface area contributed by atoms with Gasteiger partial charge in [-0.1, -0.05) is 85.3 Å². The summed E-state index contributed by atoms with van der Waals surface area (Å²) >= 11 is 2.21. The van der Waals surface area contributed by atoms with E-state index in [9.17, 15) is 8.42 Å². The number of hydrogen-bond donors (Lipinski definition) is 0. The Morgan fingerprint density at radius 1 is 0.958 bits per heavy atom. The molecule has 1 saturated heterocycles. The van der Waals surface area contributed by atoms with Gasteiger partial charge in [0.2, 0.25) is 10.0 Å². The van der Waals surface area contributed by atoms with Crippen LogP contribution in [0.25, 0.3) is 0 Å². The molecule has 0 amide bonds. The average Bonchev–Trinajstić information content (AvgIpc) is 3.19. The predicted molar refractivity (Wildman–Crippen MR) is 106 cm³/mol. The molecular formula is C19H22INO2S. The van der Waals surface area contributed by atoms with E-state index in [1.54, 1.807) is 16.4 Å². The molecule has 0 bridgehead atoms. The van der Waals surface area contributed by atoms with Gasteiger partial charge in [-0.2, -0.15) is 4.31 Å². The maximum absolute atomic E-state index is 12.8. The Morgan fingerprint density at radius 3 is 2.00 bits per heavy atom. The monoisotopic (exact) mass is 455 g/mol. The summed E-state index contributed by atoms with van der Waals surface area (Å²) in [5, 5.41) is 0. The summed E-state index contributed by atoms with van der Waals surface area (Å²) < 4.78 is 27.2. The van der Waals surface area contributed by atoms with Crippen molar-refractivity contribution in [1.29, 1.82) is 0 Å². The highest BCUT2D eigenvalue weighted by Crippen LogP contribution is 2.51. The lowest BCUT2D eigenvalue weighted by molar-refractivity contribution is 0.553. The number of rotatable bonds is 3. The van der Waals surface area contributed by atoms with Crippen LogP contribution in [0.3, 0.4) is 0 Å². The number of halogens is 1. The van der Waals surface area contributed by atoms with Crippen LogP contribution in [0.4, 0.5) is 0 Å². The molecule has 0 spiro atoms. The lowest BCUT2D eigenvalue weighted by Crippen LogP contribution is -2.14. The number of alkyl halides is 1. The molecule has 0 radical (unpaired) electrons. The van der Waals surface area contributed by atoms with Crippen LogP contribution in [-0.2, 0) is 15.4 Å². The molecule has 128 valence electrons. The molecule has 2 aromatic rings. The van der Waals surface area contributed by atoms with E-state index in [0.717, 1.165) is 11.1 Å². The van der Waals surface area contributed by atoms with Crippen LogP contribution in [-0.4, -0.2) is 16.8 Å². The summed E-state index contributed by atoms with van der Waals surface area (Å²) in [6.07, 6.45) is 0. The molecule has 1 aliphatic rings. The molecule has 24 heavy (non-hydrogen) atoms. The largest absolute Gasteiger partial charge is 0.244 e. The lowest BCUT2D eigenvalue weighted by Gasteiger charge is -2.19. The highest BCUT2D eigenvalue weighted by molar-refractivity contribution is 14.1. The van der Waals surface area contributed by atoms with Gasteiger partial charge in [0.25, 0.3) is 0 Å². The summed E-state index contributed by atoms with van der Waals surface area (Å²) in [6.45, 7) is 8.48. The Kier molecular flexibility index (Phi) is 4.55. The first-order chi connectivity index (χ1) is 11.1. The molecular weight excluding hydrogens is 433 g/mol. The van der Waals surface area contributed by atoms with Crippen LogP contribution in [0.1, 0.15) is 43.5 Å².